The number of anilines is 1. The number of hydrogen-bond acceptors (Lipinski definition) is 4. The summed E-state index contributed by atoms with van der Waals surface area (Å²) >= 11 is 5.21. The van der Waals surface area contributed by atoms with Gasteiger partial charge in [-0.25, -0.2) is 0 Å². The third kappa shape index (κ3) is 4.81. The molecule has 0 saturated carbocycles. The van der Waals surface area contributed by atoms with E-state index in [1.807, 2.05) is 26.2 Å². The second-order valence-electron chi connectivity index (χ2n) is 4.65. The molecular formula is C15H19BrN2OS. The second kappa shape index (κ2) is 7.67. The maximum atomic E-state index is 5.74. The Morgan fingerprint density at radius 3 is 2.85 bits per heavy atom. The Balaban J connectivity index is 1.69. The van der Waals surface area contributed by atoms with Crippen LogP contribution in [0.1, 0.15) is 4.88 Å². The van der Waals surface area contributed by atoms with E-state index in [1.54, 1.807) is 11.3 Å². The van der Waals surface area contributed by atoms with E-state index in [2.05, 4.69) is 49.7 Å². The Hall–Kier alpha value is -1.04. The number of ether oxygens (including phenoxy) is 1. The fourth-order valence-corrected chi connectivity index (χ4v) is 3.17. The predicted octanol–water partition coefficient (Wildman–Crippen LogP) is 3.75. The Bertz CT molecular complexity index is 542. The molecule has 0 spiro atoms. The molecule has 20 heavy (non-hydrogen) atoms. The first kappa shape index (κ1) is 15.4. The van der Waals surface area contributed by atoms with Gasteiger partial charge in [0.15, 0.2) is 0 Å². The first-order valence-electron chi connectivity index (χ1n) is 6.49. The van der Waals surface area contributed by atoms with Crippen molar-refractivity contribution in [3.05, 3.63) is 45.1 Å². The number of rotatable bonds is 7. The highest BCUT2D eigenvalue weighted by Crippen LogP contribution is 2.20. The van der Waals surface area contributed by atoms with Gasteiger partial charge < -0.3 is 15.0 Å². The molecule has 0 aliphatic heterocycles. The number of thiophene rings is 1. The third-order valence-electron chi connectivity index (χ3n) is 2.80. The maximum Gasteiger partial charge on any atom is 0.121 e. The molecule has 1 N–H and O–H groups in total. The monoisotopic (exact) mass is 354 g/mol. The van der Waals surface area contributed by atoms with Gasteiger partial charge >= 0.3 is 0 Å². The highest BCUT2D eigenvalue weighted by molar-refractivity contribution is 9.10. The van der Waals surface area contributed by atoms with Gasteiger partial charge in [-0.15, -0.1) is 11.3 Å². The molecule has 0 amide bonds. The molecule has 108 valence electrons. The number of benzene rings is 1. The number of nitrogens with zero attached hydrogens (tertiary/aromatic N) is 1. The summed E-state index contributed by atoms with van der Waals surface area (Å²) in [5.74, 6) is 0.914. The Kier molecular flexibility index (Phi) is 5.88. The fourth-order valence-electron chi connectivity index (χ4n) is 1.75. The standard InChI is InChI=1S/C15H19BrN2OS/c1-18(2)13-4-3-5-14(9-13)19-7-6-17-10-15-8-12(16)11-20-15/h3-5,8-9,11,17H,6-7,10H2,1-2H3. The van der Waals surface area contributed by atoms with Crippen molar-refractivity contribution in [2.24, 2.45) is 0 Å². The fraction of sp³-hybridized carbons (Fsp3) is 0.333. The van der Waals surface area contributed by atoms with E-state index in [9.17, 15) is 0 Å². The highest BCUT2D eigenvalue weighted by Gasteiger charge is 1.99. The Morgan fingerprint density at radius 2 is 2.15 bits per heavy atom. The van der Waals surface area contributed by atoms with Crippen LogP contribution in [-0.4, -0.2) is 27.2 Å². The quantitative estimate of drug-likeness (QED) is 0.766. The van der Waals surface area contributed by atoms with Crippen molar-refractivity contribution in [2.45, 2.75) is 6.54 Å². The summed E-state index contributed by atoms with van der Waals surface area (Å²) in [7, 11) is 4.06. The van der Waals surface area contributed by atoms with Crippen LogP contribution in [0.25, 0.3) is 0 Å². The molecule has 0 aliphatic carbocycles. The minimum absolute atomic E-state index is 0.670. The second-order valence-corrected chi connectivity index (χ2v) is 6.56. The zero-order valence-corrected chi connectivity index (χ0v) is 14.1. The summed E-state index contributed by atoms with van der Waals surface area (Å²) < 4.78 is 6.89. The normalized spacial score (nSPS) is 10.6. The van der Waals surface area contributed by atoms with Crippen LogP contribution in [0.15, 0.2) is 40.2 Å². The van der Waals surface area contributed by atoms with Gasteiger partial charge in [0.1, 0.15) is 12.4 Å². The lowest BCUT2D eigenvalue weighted by atomic mass is 10.3. The summed E-state index contributed by atoms with van der Waals surface area (Å²) in [5.41, 5.74) is 1.15. The van der Waals surface area contributed by atoms with E-state index >= 15 is 0 Å². The van der Waals surface area contributed by atoms with E-state index < -0.39 is 0 Å². The molecular weight excluding hydrogens is 336 g/mol. The number of halogens is 1. The minimum Gasteiger partial charge on any atom is -0.492 e. The first-order chi connectivity index (χ1) is 9.65. The SMILES string of the molecule is CN(C)c1cccc(OCCNCc2cc(Br)cs2)c1. The van der Waals surface area contributed by atoms with Gasteiger partial charge in [0.05, 0.1) is 0 Å². The van der Waals surface area contributed by atoms with Gasteiger partial charge in [-0.2, -0.15) is 0 Å². The molecule has 0 bridgehead atoms. The van der Waals surface area contributed by atoms with Crippen molar-refractivity contribution in [2.75, 3.05) is 32.1 Å². The summed E-state index contributed by atoms with van der Waals surface area (Å²) in [5, 5.41) is 5.47. The molecule has 1 aromatic heterocycles. The van der Waals surface area contributed by atoms with E-state index in [4.69, 9.17) is 4.74 Å². The Labute approximate surface area is 132 Å². The van der Waals surface area contributed by atoms with Crippen LogP contribution in [0.4, 0.5) is 5.69 Å². The van der Waals surface area contributed by atoms with Crippen LogP contribution in [0.5, 0.6) is 5.75 Å². The molecule has 5 heteroatoms. The van der Waals surface area contributed by atoms with Crippen molar-refractivity contribution in [3.63, 3.8) is 0 Å². The Morgan fingerprint density at radius 1 is 1.30 bits per heavy atom. The van der Waals surface area contributed by atoms with Gasteiger partial charge in [0.2, 0.25) is 0 Å². The zero-order chi connectivity index (χ0) is 14.4. The predicted molar refractivity (Wildman–Crippen MR) is 90.0 cm³/mol. The van der Waals surface area contributed by atoms with Crippen LogP contribution < -0.4 is 15.0 Å². The summed E-state index contributed by atoms with van der Waals surface area (Å²) in [6, 6.07) is 10.3. The zero-order valence-electron chi connectivity index (χ0n) is 11.7. The average Bonchev–Trinajstić information content (AvgIpc) is 2.84. The summed E-state index contributed by atoms with van der Waals surface area (Å²) in [6.07, 6.45) is 0. The van der Waals surface area contributed by atoms with Gasteiger partial charge in [-0.1, -0.05) is 6.07 Å². The molecule has 0 fully saturated rings. The van der Waals surface area contributed by atoms with Crippen molar-refractivity contribution in [1.82, 2.24) is 5.32 Å². The minimum atomic E-state index is 0.670. The number of nitrogens with one attached hydrogen (secondary N) is 1. The van der Waals surface area contributed by atoms with Crippen LogP contribution in [0.2, 0.25) is 0 Å². The van der Waals surface area contributed by atoms with Crippen molar-refractivity contribution >= 4 is 33.0 Å². The lowest BCUT2D eigenvalue weighted by Gasteiger charge is -2.14. The lowest BCUT2D eigenvalue weighted by Crippen LogP contribution is -2.20. The largest absolute Gasteiger partial charge is 0.492 e. The molecule has 0 radical (unpaired) electrons. The van der Waals surface area contributed by atoms with E-state index in [-0.39, 0.29) is 0 Å². The topological polar surface area (TPSA) is 24.5 Å². The van der Waals surface area contributed by atoms with E-state index in [0.29, 0.717) is 6.61 Å². The smallest absolute Gasteiger partial charge is 0.121 e. The van der Waals surface area contributed by atoms with E-state index in [1.165, 1.54) is 4.88 Å². The third-order valence-corrected chi connectivity index (χ3v) is 4.50. The molecule has 3 nitrogen and oxygen atoms in total. The molecule has 0 aliphatic rings. The highest BCUT2D eigenvalue weighted by atomic mass is 79.9. The number of hydrogen-bond donors (Lipinski definition) is 1. The van der Waals surface area contributed by atoms with E-state index in [0.717, 1.165) is 29.0 Å². The molecule has 0 unspecified atom stereocenters. The van der Waals surface area contributed by atoms with Gasteiger partial charge in [0, 0.05) is 53.7 Å². The van der Waals surface area contributed by atoms with Crippen LogP contribution in [0.3, 0.4) is 0 Å². The summed E-state index contributed by atoms with van der Waals surface area (Å²) in [4.78, 5) is 3.39. The molecule has 0 atom stereocenters. The van der Waals surface area contributed by atoms with Crippen LogP contribution >= 0.6 is 27.3 Å². The molecule has 2 aromatic rings. The molecule has 2 rings (SSSR count). The van der Waals surface area contributed by atoms with Gasteiger partial charge in [0.25, 0.3) is 0 Å². The lowest BCUT2D eigenvalue weighted by molar-refractivity contribution is 0.314. The van der Waals surface area contributed by atoms with Crippen LogP contribution in [0, 0.1) is 0 Å². The molecule has 1 aromatic carbocycles. The van der Waals surface area contributed by atoms with Gasteiger partial charge in [-0.3, -0.25) is 0 Å². The summed E-state index contributed by atoms with van der Waals surface area (Å²) in [6.45, 7) is 2.39. The maximum absolute atomic E-state index is 5.74. The van der Waals surface area contributed by atoms with Crippen molar-refractivity contribution < 1.29 is 4.74 Å². The molecule has 0 saturated heterocycles. The first-order valence-corrected chi connectivity index (χ1v) is 8.16. The molecule has 1 heterocycles. The van der Waals surface area contributed by atoms with Crippen LogP contribution in [-0.2, 0) is 6.54 Å². The van der Waals surface area contributed by atoms with Crippen molar-refractivity contribution in [1.29, 1.82) is 0 Å². The average molecular weight is 355 g/mol. The van der Waals surface area contributed by atoms with Gasteiger partial charge in [-0.05, 0) is 34.1 Å². The van der Waals surface area contributed by atoms with Crippen molar-refractivity contribution in [3.8, 4) is 5.75 Å².